The fourth-order valence-electron chi connectivity index (χ4n) is 2.43. The highest BCUT2D eigenvalue weighted by Gasteiger charge is 2.20. The van der Waals surface area contributed by atoms with Gasteiger partial charge in [0.25, 0.3) is 0 Å². The zero-order chi connectivity index (χ0) is 15.0. The van der Waals surface area contributed by atoms with Crippen molar-refractivity contribution < 1.29 is 4.39 Å². The van der Waals surface area contributed by atoms with Crippen LogP contribution < -0.4 is 0 Å². The first-order chi connectivity index (χ1) is 10.1. The molecule has 0 amide bonds. The molecular formula is C16H17FN4. The molecule has 0 saturated carbocycles. The molecule has 5 heteroatoms. The first-order valence-electron chi connectivity index (χ1n) is 7.07. The molecule has 0 spiro atoms. The Morgan fingerprint density at radius 3 is 2.81 bits per heavy atom. The van der Waals surface area contributed by atoms with Crippen LogP contribution in [0.3, 0.4) is 0 Å². The molecule has 0 aliphatic carbocycles. The van der Waals surface area contributed by atoms with E-state index in [4.69, 9.17) is 0 Å². The highest BCUT2D eigenvalue weighted by atomic mass is 19.1. The van der Waals surface area contributed by atoms with Crippen LogP contribution in [0, 0.1) is 12.7 Å². The first kappa shape index (κ1) is 13.7. The van der Waals surface area contributed by atoms with E-state index in [0.29, 0.717) is 5.56 Å². The minimum Gasteiger partial charge on any atom is -0.261 e. The number of hydrogen-bond acceptors (Lipinski definition) is 3. The van der Waals surface area contributed by atoms with Crippen molar-refractivity contribution in [3.05, 3.63) is 47.8 Å². The summed E-state index contributed by atoms with van der Waals surface area (Å²) in [6.45, 7) is 6.19. The van der Waals surface area contributed by atoms with Crippen LogP contribution in [0.25, 0.3) is 16.9 Å². The number of fused-ring (bicyclic) bond motifs is 1. The molecule has 1 unspecified atom stereocenters. The van der Waals surface area contributed by atoms with Gasteiger partial charge in [0.2, 0.25) is 0 Å². The molecule has 3 aromatic heterocycles. The van der Waals surface area contributed by atoms with Crippen LogP contribution in [-0.2, 0) is 0 Å². The van der Waals surface area contributed by atoms with Crippen molar-refractivity contribution in [3.63, 3.8) is 0 Å². The van der Waals surface area contributed by atoms with Crippen molar-refractivity contribution in [1.82, 2.24) is 19.6 Å². The van der Waals surface area contributed by atoms with Crippen molar-refractivity contribution in [2.45, 2.75) is 33.1 Å². The van der Waals surface area contributed by atoms with E-state index in [0.717, 1.165) is 29.1 Å². The Hall–Kier alpha value is -2.30. The minimum atomic E-state index is -0.358. The van der Waals surface area contributed by atoms with E-state index in [1.807, 2.05) is 23.6 Å². The van der Waals surface area contributed by atoms with Gasteiger partial charge in [-0.25, -0.2) is 13.9 Å². The Bertz CT molecular complexity index is 794. The standard InChI is InChI=1S/C16H17FN4/c1-4-10(2)16-15(12-7-13(17)9-18-8-12)19-14-6-5-11(3)20-21(14)16/h5-10H,4H2,1-3H3. The number of halogens is 1. The van der Waals surface area contributed by atoms with Gasteiger partial charge in [-0.3, -0.25) is 4.98 Å². The molecule has 21 heavy (non-hydrogen) atoms. The molecule has 0 aliphatic rings. The fourth-order valence-corrected chi connectivity index (χ4v) is 2.43. The van der Waals surface area contributed by atoms with Gasteiger partial charge < -0.3 is 0 Å². The molecule has 0 aliphatic heterocycles. The molecule has 0 saturated heterocycles. The average Bonchev–Trinajstić information content (AvgIpc) is 2.85. The lowest BCUT2D eigenvalue weighted by atomic mass is 10.0. The van der Waals surface area contributed by atoms with Crippen molar-refractivity contribution in [1.29, 1.82) is 0 Å². The predicted octanol–water partition coefficient (Wildman–Crippen LogP) is 3.75. The molecule has 3 heterocycles. The number of nitrogens with zero attached hydrogens (tertiary/aromatic N) is 4. The van der Waals surface area contributed by atoms with Crippen LogP contribution in [0.15, 0.2) is 30.6 Å². The second kappa shape index (κ2) is 5.24. The van der Waals surface area contributed by atoms with Gasteiger partial charge in [-0.15, -0.1) is 0 Å². The summed E-state index contributed by atoms with van der Waals surface area (Å²) in [5, 5.41) is 4.55. The van der Waals surface area contributed by atoms with Gasteiger partial charge in [0, 0.05) is 17.7 Å². The van der Waals surface area contributed by atoms with E-state index in [-0.39, 0.29) is 11.7 Å². The Morgan fingerprint density at radius 2 is 2.10 bits per heavy atom. The maximum atomic E-state index is 13.5. The lowest BCUT2D eigenvalue weighted by molar-refractivity contribution is 0.621. The summed E-state index contributed by atoms with van der Waals surface area (Å²) in [7, 11) is 0. The fraction of sp³-hybridized carbons (Fsp3) is 0.312. The van der Waals surface area contributed by atoms with E-state index in [1.165, 1.54) is 12.3 Å². The smallest absolute Gasteiger partial charge is 0.154 e. The maximum Gasteiger partial charge on any atom is 0.154 e. The number of imidazole rings is 1. The van der Waals surface area contributed by atoms with Gasteiger partial charge in [0.15, 0.2) is 5.65 Å². The summed E-state index contributed by atoms with van der Waals surface area (Å²) < 4.78 is 15.3. The SMILES string of the molecule is CCC(C)c1c(-c2cncc(F)c2)nc2ccc(C)nn12. The van der Waals surface area contributed by atoms with Crippen LogP contribution in [0.4, 0.5) is 4.39 Å². The van der Waals surface area contributed by atoms with E-state index >= 15 is 0 Å². The molecule has 3 aromatic rings. The molecule has 0 N–H and O–H groups in total. The molecule has 0 radical (unpaired) electrons. The number of aryl methyl sites for hydroxylation is 1. The second-order valence-electron chi connectivity index (χ2n) is 5.29. The van der Waals surface area contributed by atoms with Gasteiger partial charge in [-0.05, 0) is 31.5 Å². The lowest BCUT2D eigenvalue weighted by Gasteiger charge is -2.10. The second-order valence-corrected chi connectivity index (χ2v) is 5.29. The summed E-state index contributed by atoms with van der Waals surface area (Å²) in [4.78, 5) is 8.56. The number of hydrogen-bond donors (Lipinski definition) is 0. The van der Waals surface area contributed by atoms with Gasteiger partial charge in [-0.2, -0.15) is 5.10 Å². The van der Waals surface area contributed by atoms with Gasteiger partial charge in [0.05, 0.1) is 23.3 Å². The highest BCUT2D eigenvalue weighted by molar-refractivity contribution is 5.66. The molecule has 0 aromatic carbocycles. The van der Waals surface area contributed by atoms with Crippen molar-refractivity contribution in [2.24, 2.45) is 0 Å². The van der Waals surface area contributed by atoms with Crippen molar-refractivity contribution in [3.8, 4) is 11.3 Å². The largest absolute Gasteiger partial charge is 0.261 e. The number of rotatable bonds is 3. The Labute approximate surface area is 122 Å². The molecule has 0 fully saturated rings. The molecule has 1 atom stereocenters. The van der Waals surface area contributed by atoms with Crippen LogP contribution in [-0.4, -0.2) is 19.6 Å². The lowest BCUT2D eigenvalue weighted by Crippen LogP contribution is -2.03. The minimum absolute atomic E-state index is 0.271. The van der Waals surface area contributed by atoms with Gasteiger partial charge in [-0.1, -0.05) is 13.8 Å². The van der Waals surface area contributed by atoms with Crippen molar-refractivity contribution >= 4 is 5.65 Å². The summed E-state index contributed by atoms with van der Waals surface area (Å²) in [6.07, 6.45) is 3.80. The first-order valence-corrected chi connectivity index (χ1v) is 7.07. The zero-order valence-corrected chi connectivity index (χ0v) is 12.3. The van der Waals surface area contributed by atoms with Gasteiger partial charge in [0.1, 0.15) is 5.82 Å². The molecule has 0 bridgehead atoms. The van der Waals surface area contributed by atoms with Gasteiger partial charge >= 0.3 is 0 Å². The predicted molar refractivity (Wildman–Crippen MR) is 79.6 cm³/mol. The quantitative estimate of drug-likeness (QED) is 0.735. The maximum absolute atomic E-state index is 13.5. The van der Waals surface area contributed by atoms with E-state index in [9.17, 15) is 4.39 Å². The highest BCUT2D eigenvalue weighted by Crippen LogP contribution is 2.31. The summed E-state index contributed by atoms with van der Waals surface area (Å²) in [6, 6.07) is 5.33. The van der Waals surface area contributed by atoms with E-state index in [2.05, 4.69) is 28.9 Å². The average molecular weight is 284 g/mol. The molecule has 3 rings (SSSR count). The summed E-state index contributed by atoms with van der Waals surface area (Å²) in [5.74, 6) is -0.0867. The number of aromatic nitrogens is 4. The zero-order valence-electron chi connectivity index (χ0n) is 12.3. The summed E-state index contributed by atoms with van der Waals surface area (Å²) in [5.41, 5.74) is 4.15. The normalized spacial score (nSPS) is 12.8. The monoisotopic (exact) mass is 284 g/mol. The van der Waals surface area contributed by atoms with E-state index in [1.54, 1.807) is 6.20 Å². The Balaban J connectivity index is 2.31. The third kappa shape index (κ3) is 2.39. The third-order valence-electron chi connectivity index (χ3n) is 3.70. The number of pyridine rings is 1. The Morgan fingerprint density at radius 1 is 1.29 bits per heavy atom. The van der Waals surface area contributed by atoms with Crippen LogP contribution in [0.5, 0.6) is 0 Å². The van der Waals surface area contributed by atoms with E-state index < -0.39 is 0 Å². The Kier molecular flexibility index (Phi) is 3.41. The topological polar surface area (TPSA) is 43.1 Å². The summed E-state index contributed by atoms with van der Waals surface area (Å²) >= 11 is 0. The van der Waals surface area contributed by atoms with Crippen molar-refractivity contribution in [2.75, 3.05) is 0 Å². The molecule has 108 valence electrons. The molecule has 4 nitrogen and oxygen atoms in total. The van der Waals surface area contributed by atoms with Crippen LogP contribution >= 0.6 is 0 Å². The third-order valence-corrected chi connectivity index (χ3v) is 3.70. The molecular weight excluding hydrogens is 267 g/mol. The van der Waals surface area contributed by atoms with Crippen LogP contribution in [0.2, 0.25) is 0 Å². The van der Waals surface area contributed by atoms with Crippen LogP contribution in [0.1, 0.15) is 37.6 Å².